The van der Waals surface area contributed by atoms with E-state index in [1.807, 2.05) is 66.0 Å². The molecule has 0 amide bonds. The minimum atomic E-state index is -0.0409. The van der Waals surface area contributed by atoms with Gasteiger partial charge in [0.15, 0.2) is 5.16 Å². The first kappa shape index (κ1) is 20.5. The lowest BCUT2D eigenvalue weighted by Crippen LogP contribution is -2.23. The standard InChI is InChI=1S/C23H18N4O3S2/c1-29-17-9-7-16(8-10-17)21-25-19(30-26-21)14-32-23-24-18-11-12-31-20(18)22(28)27(23)13-15-5-3-2-4-6-15/h2-12H,13-14H2,1H3. The molecule has 0 atom stereocenters. The SMILES string of the molecule is COc1ccc(-c2noc(CSc3nc4ccsc4c(=O)n3Cc3ccccc3)n2)cc1. The number of methoxy groups -OCH3 is 1. The molecule has 5 rings (SSSR count). The number of fused-ring (bicyclic) bond motifs is 1. The summed E-state index contributed by atoms with van der Waals surface area (Å²) in [5.74, 6) is 2.14. The molecule has 32 heavy (non-hydrogen) atoms. The van der Waals surface area contributed by atoms with Crippen LogP contribution >= 0.6 is 23.1 Å². The number of ether oxygens (including phenoxy) is 1. The molecule has 0 radical (unpaired) electrons. The second kappa shape index (κ2) is 8.97. The first-order chi connectivity index (χ1) is 15.7. The predicted octanol–water partition coefficient (Wildman–Crippen LogP) is 4.86. The zero-order chi connectivity index (χ0) is 21.9. The molecule has 5 aromatic rings. The van der Waals surface area contributed by atoms with E-state index in [9.17, 15) is 4.79 Å². The molecule has 0 fully saturated rings. The zero-order valence-corrected chi connectivity index (χ0v) is 18.7. The van der Waals surface area contributed by atoms with Gasteiger partial charge in [-0.1, -0.05) is 47.3 Å². The van der Waals surface area contributed by atoms with Gasteiger partial charge in [0.1, 0.15) is 10.4 Å². The third kappa shape index (κ3) is 4.17. The normalized spacial score (nSPS) is 11.2. The van der Waals surface area contributed by atoms with Gasteiger partial charge in [-0.15, -0.1) is 11.3 Å². The molecule has 0 spiro atoms. The molecule has 0 aliphatic heterocycles. The molecule has 160 valence electrons. The van der Waals surface area contributed by atoms with Crippen molar-refractivity contribution in [2.75, 3.05) is 7.11 Å². The average Bonchev–Trinajstić information content (AvgIpc) is 3.50. The van der Waals surface area contributed by atoms with Crippen LogP contribution < -0.4 is 10.3 Å². The summed E-state index contributed by atoms with van der Waals surface area (Å²) in [6.07, 6.45) is 0. The molecule has 0 aliphatic rings. The number of hydrogen-bond acceptors (Lipinski definition) is 8. The fourth-order valence-electron chi connectivity index (χ4n) is 3.24. The first-order valence-corrected chi connectivity index (χ1v) is 11.7. The lowest BCUT2D eigenvalue weighted by atomic mass is 10.2. The average molecular weight is 463 g/mol. The van der Waals surface area contributed by atoms with Gasteiger partial charge < -0.3 is 9.26 Å². The largest absolute Gasteiger partial charge is 0.497 e. The second-order valence-electron chi connectivity index (χ2n) is 6.94. The van der Waals surface area contributed by atoms with Crippen molar-refractivity contribution >= 4 is 33.3 Å². The minimum Gasteiger partial charge on any atom is -0.497 e. The molecular formula is C23H18N4O3S2. The molecule has 0 unspecified atom stereocenters. The quantitative estimate of drug-likeness (QED) is 0.252. The third-order valence-corrected chi connectivity index (χ3v) is 6.71. The van der Waals surface area contributed by atoms with Gasteiger partial charge in [0.05, 0.1) is 24.9 Å². The van der Waals surface area contributed by atoms with Crippen LogP contribution in [-0.4, -0.2) is 26.8 Å². The molecular weight excluding hydrogens is 444 g/mol. The second-order valence-corrected chi connectivity index (χ2v) is 8.79. The third-order valence-electron chi connectivity index (χ3n) is 4.86. The number of hydrogen-bond donors (Lipinski definition) is 0. The molecule has 2 aromatic carbocycles. The van der Waals surface area contributed by atoms with E-state index in [0.717, 1.165) is 16.9 Å². The molecule has 7 nitrogen and oxygen atoms in total. The monoisotopic (exact) mass is 462 g/mol. The lowest BCUT2D eigenvalue weighted by Gasteiger charge is -2.11. The van der Waals surface area contributed by atoms with Crippen molar-refractivity contribution in [2.45, 2.75) is 17.5 Å². The van der Waals surface area contributed by atoms with Crippen LogP contribution in [0.15, 0.2) is 80.5 Å². The van der Waals surface area contributed by atoms with E-state index in [2.05, 4.69) is 10.1 Å². The van der Waals surface area contributed by atoms with E-state index in [-0.39, 0.29) is 5.56 Å². The zero-order valence-electron chi connectivity index (χ0n) is 17.1. The molecule has 0 aliphatic carbocycles. The van der Waals surface area contributed by atoms with Crippen LogP contribution in [0.4, 0.5) is 0 Å². The summed E-state index contributed by atoms with van der Waals surface area (Å²) in [5.41, 5.74) is 2.54. The van der Waals surface area contributed by atoms with Crippen molar-refractivity contribution in [1.82, 2.24) is 19.7 Å². The van der Waals surface area contributed by atoms with Gasteiger partial charge in [0.25, 0.3) is 5.56 Å². The van der Waals surface area contributed by atoms with Crippen LogP contribution in [0.25, 0.3) is 21.6 Å². The van der Waals surface area contributed by atoms with Gasteiger partial charge >= 0.3 is 0 Å². The van der Waals surface area contributed by atoms with Crippen molar-refractivity contribution in [3.05, 3.63) is 87.9 Å². The Labute approximate surface area is 191 Å². The van der Waals surface area contributed by atoms with Crippen LogP contribution in [0.1, 0.15) is 11.5 Å². The Hall–Kier alpha value is -3.43. The molecule has 0 saturated heterocycles. The highest BCUT2D eigenvalue weighted by Crippen LogP contribution is 2.26. The van der Waals surface area contributed by atoms with E-state index in [1.165, 1.54) is 23.1 Å². The Morgan fingerprint density at radius 3 is 2.66 bits per heavy atom. The lowest BCUT2D eigenvalue weighted by molar-refractivity contribution is 0.391. The summed E-state index contributed by atoms with van der Waals surface area (Å²) >= 11 is 2.82. The van der Waals surface area contributed by atoms with Gasteiger partial charge in [-0.05, 0) is 41.3 Å². The maximum Gasteiger partial charge on any atom is 0.272 e. The molecule has 0 saturated carbocycles. The number of benzene rings is 2. The Bertz CT molecular complexity index is 1410. The molecule has 3 heterocycles. The highest BCUT2D eigenvalue weighted by molar-refractivity contribution is 7.98. The van der Waals surface area contributed by atoms with Gasteiger partial charge in [-0.25, -0.2) is 4.98 Å². The van der Waals surface area contributed by atoms with Crippen molar-refractivity contribution in [3.8, 4) is 17.1 Å². The topological polar surface area (TPSA) is 83.0 Å². The Morgan fingerprint density at radius 2 is 1.88 bits per heavy atom. The minimum absolute atomic E-state index is 0.0409. The maximum absolute atomic E-state index is 13.1. The van der Waals surface area contributed by atoms with Crippen LogP contribution in [0.2, 0.25) is 0 Å². The van der Waals surface area contributed by atoms with Crippen molar-refractivity contribution < 1.29 is 9.26 Å². The summed E-state index contributed by atoms with van der Waals surface area (Å²) in [4.78, 5) is 22.3. The fraction of sp³-hybridized carbons (Fsp3) is 0.130. The van der Waals surface area contributed by atoms with Crippen LogP contribution in [0.3, 0.4) is 0 Å². The highest BCUT2D eigenvalue weighted by Gasteiger charge is 2.15. The number of thiophene rings is 1. The summed E-state index contributed by atoms with van der Waals surface area (Å²) in [6.45, 7) is 0.448. The highest BCUT2D eigenvalue weighted by atomic mass is 32.2. The smallest absolute Gasteiger partial charge is 0.272 e. The van der Waals surface area contributed by atoms with Crippen LogP contribution in [0.5, 0.6) is 5.75 Å². The van der Waals surface area contributed by atoms with Gasteiger partial charge in [0, 0.05) is 5.56 Å². The van der Waals surface area contributed by atoms with Crippen molar-refractivity contribution in [3.63, 3.8) is 0 Å². The van der Waals surface area contributed by atoms with Gasteiger partial charge in [0.2, 0.25) is 11.7 Å². The van der Waals surface area contributed by atoms with E-state index < -0.39 is 0 Å². The maximum atomic E-state index is 13.1. The van der Waals surface area contributed by atoms with E-state index in [4.69, 9.17) is 14.2 Å². The van der Waals surface area contributed by atoms with E-state index in [1.54, 1.807) is 11.7 Å². The Kier molecular flexibility index (Phi) is 5.74. The number of aromatic nitrogens is 4. The Morgan fingerprint density at radius 1 is 1.06 bits per heavy atom. The summed E-state index contributed by atoms with van der Waals surface area (Å²) in [7, 11) is 1.62. The first-order valence-electron chi connectivity index (χ1n) is 9.83. The number of rotatable bonds is 7. The molecule has 3 aromatic heterocycles. The van der Waals surface area contributed by atoms with Crippen LogP contribution in [-0.2, 0) is 12.3 Å². The summed E-state index contributed by atoms with van der Waals surface area (Å²) < 4.78 is 13.0. The molecule has 0 N–H and O–H groups in total. The van der Waals surface area contributed by atoms with E-state index >= 15 is 0 Å². The number of nitrogens with zero attached hydrogens (tertiary/aromatic N) is 4. The predicted molar refractivity (Wildman–Crippen MR) is 125 cm³/mol. The van der Waals surface area contributed by atoms with Gasteiger partial charge in [-0.2, -0.15) is 4.98 Å². The van der Waals surface area contributed by atoms with Crippen LogP contribution in [0, 0.1) is 0 Å². The van der Waals surface area contributed by atoms with Crippen molar-refractivity contribution in [1.29, 1.82) is 0 Å². The van der Waals surface area contributed by atoms with Gasteiger partial charge in [-0.3, -0.25) is 9.36 Å². The fourth-order valence-corrected chi connectivity index (χ4v) is 4.85. The summed E-state index contributed by atoms with van der Waals surface area (Å²) in [5, 5.41) is 6.58. The summed E-state index contributed by atoms with van der Waals surface area (Å²) in [6, 6.07) is 19.2. The molecule has 0 bridgehead atoms. The van der Waals surface area contributed by atoms with E-state index in [0.29, 0.717) is 39.4 Å². The van der Waals surface area contributed by atoms with Crippen molar-refractivity contribution in [2.24, 2.45) is 0 Å². The molecule has 9 heteroatoms. The Balaban J connectivity index is 1.41. The number of thioether (sulfide) groups is 1.